The van der Waals surface area contributed by atoms with Gasteiger partial charge in [0.05, 0.1) is 10.7 Å². The summed E-state index contributed by atoms with van der Waals surface area (Å²) < 4.78 is 3.88. The second kappa shape index (κ2) is 9.81. The molecule has 0 atom stereocenters. The third-order valence-electron chi connectivity index (χ3n) is 6.09. The van der Waals surface area contributed by atoms with Gasteiger partial charge in [0.25, 0.3) is 5.01 Å². The number of anilines is 1. The average Bonchev–Trinajstić information content (AvgIpc) is 3.37. The van der Waals surface area contributed by atoms with Crippen LogP contribution in [-0.4, -0.2) is 0 Å². The fourth-order valence-electron chi connectivity index (χ4n) is 4.44. The molecule has 2 nitrogen and oxygen atoms in total. The predicted molar refractivity (Wildman–Crippen MR) is 144 cm³/mol. The number of nitrogens with zero attached hydrogens (tertiary/aromatic N) is 2. The van der Waals surface area contributed by atoms with E-state index >= 15 is 0 Å². The summed E-state index contributed by atoms with van der Waals surface area (Å²) in [5, 5.41) is 3.06. The summed E-state index contributed by atoms with van der Waals surface area (Å²) in [6, 6.07) is 15.4. The molecule has 0 N–H and O–H groups in total. The van der Waals surface area contributed by atoms with E-state index in [1.807, 2.05) is 34.4 Å². The maximum absolute atomic E-state index is 6.20. The fraction of sp³-hybridized carbons (Fsp3) is 0.250. The van der Waals surface area contributed by atoms with E-state index in [9.17, 15) is 0 Å². The molecule has 1 aromatic heterocycles. The molecular formula is C28H26ClN2S2+. The Kier molecular flexibility index (Phi) is 6.64. The number of terminal acetylenes is 1. The number of unbranched alkanes of at least 4 members (excludes halogenated alkanes) is 1. The van der Waals surface area contributed by atoms with Crippen LogP contribution >= 0.6 is 34.7 Å². The minimum absolute atomic E-state index is 0.700. The first kappa shape index (κ1) is 22.3. The van der Waals surface area contributed by atoms with Gasteiger partial charge in [0.1, 0.15) is 4.70 Å². The SMILES string of the molecule is C#CN1/C(=C/C=C(/C=C/c2sc3cccc4c3[n+]2CCC4)CCCC)Sc2ccc(Cl)cc21. The first-order valence-electron chi connectivity index (χ1n) is 11.4. The van der Waals surface area contributed by atoms with Crippen molar-refractivity contribution in [3.63, 3.8) is 0 Å². The minimum atomic E-state index is 0.700. The maximum Gasteiger partial charge on any atom is 0.262 e. The van der Waals surface area contributed by atoms with Crippen LogP contribution in [0.1, 0.15) is 43.2 Å². The molecule has 2 aromatic carbocycles. The van der Waals surface area contributed by atoms with Gasteiger partial charge >= 0.3 is 0 Å². The van der Waals surface area contributed by atoms with Crippen LogP contribution in [0, 0.1) is 12.5 Å². The molecule has 5 rings (SSSR count). The van der Waals surface area contributed by atoms with Crippen molar-refractivity contribution in [2.75, 3.05) is 4.90 Å². The second-order valence-electron chi connectivity index (χ2n) is 8.32. The zero-order chi connectivity index (χ0) is 22.8. The number of thiazole rings is 1. The monoisotopic (exact) mass is 489 g/mol. The highest BCUT2D eigenvalue weighted by Crippen LogP contribution is 2.46. The van der Waals surface area contributed by atoms with E-state index in [1.165, 1.54) is 45.6 Å². The molecule has 0 saturated heterocycles. The lowest BCUT2D eigenvalue weighted by atomic mass is 10.0. The molecular weight excluding hydrogens is 464 g/mol. The normalized spacial score (nSPS) is 16.7. The van der Waals surface area contributed by atoms with Gasteiger partial charge in [-0.1, -0.05) is 78.8 Å². The van der Waals surface area contributed by atoms with Gasteiger partial charge in [0.2, 0.25) is 5.52 Å². The van der Waals surface area contributed by atoms with E-state index < -0.39 is 0 Å². The standard InChI is InChI=1S/C28H26ClN2S2/c1-3-5-8-20(12-16-26-30(4-2)23-19-22(29)14-15-24(23)32-26)13-17-27-31-18-7-10-21-9-6-11-25(33-27)28(21)31/h2,6,9,11-17,19H,3,5,7-8,10,18H2,1H3/q+1. The second-order valence-corrected chi connectivity index (χ2v) is 10.9. The van der Waals surface area contributed by atoms with Crippen LogP contribution in [0.3, 0.4) is 0 Å². The minimum Gasteiger partial charge on any atom is -0.262 e. The van der Waals surface area contributed by atoms with Crippen LogP contribution < -0.4 is 9.47 Å². The lowest BCUT2D eigenvalue weighted by molar-refractivity contribution is -0.671. The molecule has 2 aliphatic rings. The van der Waals surface area contributed by atoms with Crippen molar-refractivity contribution in [3.05, 3.63) is 80.8 Å². The summed E-state index contributed by atoms with van der Waals surface area (Å²) in [6.07, 6.45) is 20.6. The zero-order valence-corrected chi connectivity index (χ0v) is 21.1. The van der Waals surface area contributed by atoms with Crippen LogP contribution in [0.25, 0.3) is 16.3 Å². The molecule has 0 radical (unpaired) electrons. The molecule has 3 aromatic rings. The molecule has 166 valence electrons. The smallest absolute Gasteiger partial charge is 0.262 e. The summed E-state index contributed by atoms with van der Waals surface area (Å²) in [5.41, 5.74) is 5.21. The number of rotatable bonds is 6. The van der Waals surface area contributed by atoms with Gasteiger partial charge in [-0.05, 0) is 55.2 Å². The molecule has 0 fully saturated rings. The van der Waals surface area contributed by atoms with Gasteiger partial charge in [0, 0.05) is 34.0 Å². The van der Waals surface area contributed by atoms with Crippen molar-refractivity contribution in [2.24, 2.45) is 0 Å². The van der Waals surface area contributed by atoms with Gasteiger partial charge in [-0.25, -0.2) is 0 Å². The summed E-state index contributed by atoms with van der Waals surface area (Å²) in [6.45, 7) is 3.34. The van der Waals surface area contributed by atoms with Crippen LogP contribution in [0.5, 0.6) is 0 Å². The summed E-state index contributed by atoms with van der Waals surface area (Å²) in [7, 11) is 0. The Bertz CT molecular complexity index is 1340. The molecule has 2 aliphatic heterocycles. The van der Waals surface area contributed by atoms with Crippen LogP contribution in [0.2, 0.25) is 5.02 Å². The molecule has 0 saturated carbocycles. The number of allylic oxidation sites excluding steroid dienone is 4. The third kappa shape index (κ3) is 4.51. The molecule has 3 heterocycles. The lowest BCUT2D eigenvalue weighted by Crippen LogP contribution is -2.38. The van der Waals surface area contributed by atoms with Gasteiger partial charge < -0.3 is 0 Å². The van der Waals surface area contributed by atoms with E-state index in [1.54, 1.807) is 11.8 Å². The Hall–Kier alpha value is -2.45. The largest absolute Gasteiger partial charge is 0.262 e. The van der Waals surface area contributed by atoms with Crippen molar-refractivity contribution in [3.8, 4) is 12.5 Å². The van der Waals surface area contributed by atoms with Crippen molar-refractivity contribution in [1.29, 1.82) is 0 Å². The van der Waals surface area contributed by atoms with Crippen molar-refractivity contribution in [2.45, 2.75) is 50.5 Å². The highest BCUT2D eigenvalue weighted by molar-refractivity contribution is 8.03. The third-order valence-corrected chi connectivity index (χ3v) is 8.53. The van der Waals surface area contributed by atoms with E-state index in [4.69, 9.17) is 18.0 Å². The Labute approximate surface area is 209 Å². The highest BCUT2D eigenvalue weighted by atomic mass is 35.5. The van der Waals surface area contributed by atoms with E-state index in [0.717, 1.165) is 35.0 Å². The van der Waals surface area contributed by atoms with Gasteiger partial charge in [0.15, 0.2) is 6.54 Å². The summed E-state index contributed by atoms with van der Waals surface area (Å²) in [4.78, 5) is 3.02. The van der Waals surface area contributed by atoms with Gasteiger partial charge in [-0.15, -0.1) is 0 Å². The highest BCUT2D eigenvalue weighted by Gasteiger charge is 2.25. The quantitative estimate of drug-likeness (QED) is 0.197. The topological polar surface area (TPSA) is 7.12 Å². The lowest BCUT2D eigenvalue weighted by Gasteiger charge is -2.11. The van der Waals surface area contributed by atoms with Crippen LogP contribution in [0.15, 0.2) is 70.1 Å². The number of aryl methyl sites for hydroxylation is 2. The first-order valence-corrected chi connectivity index (χ1v) is 13.5. The van der Waals surface area contributed by atoms with Crippen LogP contribution in [0.4, 0.5) is 5.69 Å². The molecule has 0 amide bonds. The molecule has 33 heavy (non-hydrogen) atoms. The Morgan fingerprint density at radius 2 is 2.21 bits per heavy atom. The number of hydrogen-bond donors (Lipinski definition) is 0. The molecule has 0 aliphatic carbocycles. The number of thioether (sulfide) groups is 1. The van der Waals surface area contributed by atoms with Crippen molar-refractivity contribution < 1.29 is 4.57 Å². The van der Waals surface area contributed by atoms with E-state index in [0.29, 0.717) is 5.02 Å². The zero-order valence-electron chi connectivity index (χ0n) is 18.7. The maximum atomic E-state index is 6.20. The predicted octanol–water partition coefficient (Wildman–Crippen LogP) is 7.96. The van der Waals surface area contributed by atoms with E-state index in [-0.39, 0.29) is 0 Å². The molecule has 5 heteroatoms. The number of halogens is 1. The van der Waals surface area contributed by atoms with E-state index in [2.05, 4.69) is 60.0 Å². The van der Waals surface area contributed by atoms with Gasteiger partial charge in [-0.3, -0.25) is 4.90 Å². The Morgan fingerprint density at radius 1 is 1.30 bits per heavy atom. The fourth-order valence-corrected chi connectivity index (χ4v) is 6.74. The number of hydrogen-bond acceptors (Lipinski definition) is 3. The summed E-state index contributed by atoms with van der Waals surface area (Å²) in [5.74, 6) is 0. The first-order chi connectivity index (χ1) is 16.2. The Balaban J connectivity index is 1.45. The average molecular weight is 490 g/mol. The molecule has 0 bridgehead atoms. The summed E-state index contributed by atoms with van der Waals surface area (Å²) >= 11 is 9.78. The Morgan fingerprint density at radius 3 is 3.06 bits per heavy atom. The number of benzene rings is 2. The number of fused-ring (bicyclic) bond motifs is 1. The molecule has 0 unspecified atom stereocenters. The van der Waals surface area contributed by atoms with Crippen molar-refractivity contribution in [1.82, 2.24) is 0 Å². The van der Waals surface area contributed by atoms with Crippen molar-refractivity contribution >= 4 is 56.7 Å². The number of para-hydroxylation sites is 1. The molecule has 0 spiro atoms. The number of aromatic nitrogens is 1. The van der Waals surface area contributed by atoms with Gasteiger partial charge in [-0.2, -0.15) is 4.57 Å². The van der Waals surface area contributed by atoms with Crippen LogP contribution in [-0.2, 0) is 13.0 Å².